The van der Waals surface area contributed by atoms with E-state index in [1.807, 2.05) is 49.4 Å². The maximum Gasteiger partial charge on any atom is 0.133 e. The van der Waals surface area contributed by atoms with Gasteiger partial charge in [-0.3, -0.25) is 0 Å². The summed E-state index contributed by atoms with van der Waals surface area (Å²) < 4.78 is 0. The lowest BCUT2D eigenvalue weighted by atomic mass is 10.2. The van der Waals surface area contributed by atoms with Crippen LogP contribution in [0.15, 0.2) is 48.7 Å². The van der Waals surface area contributed by atoms with Crippen LogP contribution >= 0.6 is 11.6 Å². The Morgan fingerprint density at radius 1 is 1.20 bits per heavy atom. The Hall–Kier alpha value is -1.58. The van der Waals surface area contributed by atoms with Gasteiger partial charge in [0, 0.05) is 30.5 Å². The van der Waals surface area contributed by atoms with Gasteiger partial charge in [0.15, 0.2) is 0 Å². The van der Waals surface area contributed by atoms with Gasteiger partial charge in [-0.2, -0.15) is 0 Å². The van der Waals surface area contributed by atoms with Crippen molar-refractivity contribution in [3.05, 3.63) is 59.4 Å². The topological polar surface area (TPSA) is 36.4 Å². The summed E-state index contributed by atoms with van der Waals surface area (Å²) in [6.45, 7) is 3.18. The Morgan fingerprint density at radius 3 is 2.60 bits per heavy atom. The first-order chi connectivity index (χ1) is 9.70. The van der Waals surface area contributed by atoms with Crippen molar-refractivity contribution in [2.75, 3.05) is 11.4 Å². The number of aliphatic hydroxyl groups is 1. The van der Waals surface area contributed by atoms with Crippen molar-refractivity contribution >= 4 is 17.3 Å². The maximum absolute atomic E-state index is 9.95. The van der Waals surface area contributed by atoms with Gasteiger partial charge < -0.3 is 10.0 Å². The normalized spacial score (nSPS) is 12.2. The number of aliphatic hydroxyl groups excluding tert-OH is 1. The van der Waals surface area contributed by atoms with Crippen LogP contribution in [0.4, 0.5) is 5.69 Å². The Balaban J connectivity index is 2.21. The highest BCUT2D eigenvalue weighted by molar-refractivity contribution is 6.30. The highest BCUT2D eigenvalue weighted by Gasteiger charge is 2.13. The molecule has 106 valence electrons. The van der Waals surface area contributed by atoms with Gasteiger partial charge >= 0.3 is 0 Å². The fourth-order valence-corrected chi connectivity index (χ4v) is 2.21. The molecular weight excluding hydrogens is 272 g/mol. The molecule has 4 heteroatoms. The number of hydrogen-bond acceptors (Lipinski definition) is 3. The second-order valence-corrected chi connectivity index (χ2v) is 5.09. The molecule has 0 radical (unpaired) electrons. The van der Waals surface area contributed by atoms with E-state index in [1.165, 1.54) is 0 Å². The Bertz CT molecular complexity index is 533. The first kappa shape index (κ1) is 14.8. The van der Waals surface area contributed by atoms with Crippen molar-refractivity contribution in [1.82, 2.24) is 4.98 Å². The Kier molecular flexibility index (Phi) is 5.39. The zero-order chi connectivity index (χ0) is 14.4. The minimum absolute atomic E-state index is 0.356. The third kappa shape index (κ3) is 3.95. The Labute approximate surface area is 124 Å². The van der Waals surface area contributed by atoms with Crippen molar-refractivity contribution < 1.29 is 5.11 Å². The summed E-state index contributed by atoms with van der Waals surface area (Å²) in [5, 5.41) is 10.5. The predicted molar refractivity (Wildman–Crippen MR) is 83.0 cm³/mol. The molecular formula is C16H19ClN2O. The molecule has 0 aliphatic rings. The molecule has 0 fully saturated rings. The van der Waals surface area contributed by atoms with Gasteiger partial charge in [0.05, 0.1) is 6.10 Å². The fourth-order valence-electron chi connectivity index (χ4n) is 2.03. The molecule has 0 aliphatic carbocycles. The van der Waals surface area contributed by atoms with E-state index in [0.717, 1.165) is 17.7 Å². The van der Waals surface area contributed by atoms with Crippen LogP contribution in [0.5, 0.6) is 0 Å². The van der Waals surface area contributed by atoms with Crippen LogP contribution in [0.3, 0.4) is 0 Å². The van der Waals surface area contributed by atoms with Crippen LogP contribution < -0.4 is 4.90 Å². The standard InChI is InChI=1S/C16H19ClN2O/c1-2-15(20)12-19(14-8-4-3-5-9-14)11-13-7-6-10-18-16(13)17/h3-10,15,20H,2,11-12H2,1H3. The zero-order valence-electron chi connectivity index (χ0n) is 11.5. The van der Waals surface area contributed by atoms with Gasteiger partial charge in [-0.1, -0.05) is 42.8 Å². The number of anilines is 1. The molecule has 0 saturated heterocycles. The average molecular weight is 291 g/mol. The molecule has 2 rings (SSSR count). The summed E-state index contributed by atoms with van der Waals surface area (Å²) in [4.78, 5) is 6.22. The summed E-state index contributed by atoms with van der Waals surface area (Å²) in [7, 11) is 0. The third-order valence-corrected chi connectivity index (χ3v) is 3.56. The lowest BCUT2D eigenvalue weighted by molar-refractivity contribution is 0.175. The second-order valence-electron chi connectivity index (χ2n) is 4.73. The number of pyridine rings is 1. The highest BCUT2D eigenvalue weighted by Crippen LogP contribution is 2.20. The molecule has 1 aromatic carbocycles. The summed E-state index contributed by atoms with van der Waals surface area (Å²) >= 11 is 6.13. The number of halogens is 1. The molecule has 2 aromatic rings. The number of nitrogens with zero attached hydrogens (tertiary/aromatic N) is 2. The van der Waals surface area contributed by atoms with E-state index in [-0.39, 0.29) is 6.10 Å². The third-order valence-electron chi connectivity index (χ3n) is 3.22. The smallest absolute Gasteiger partial charge is 0.133 e. The monoisotopic (exact) mass is 290 g/mol. The Morgan fingerprint density at radius 2 is 1.95 bits per heavy atom. The van der Waals surface area contributed by atoms with Crippen molar-refractivity contribution in [2.24, 2.45) is 0 Å². The molecule has 0 saturated carbocycles. The molecule has 0 amide bonds. The van der Waals surface area contributed by atoms with E-state index in [0.29, 0.717) is 18.2 Å². The van der Waals surface area contributed by atoms with Gasteiger partial charge in [0.2, 0.25) is 0 Å². The van der Waals surface area contributed by atoms with E-state index >= 15 is 0 Å². The number of hydrogen-bond donors (Lipinski definition) is 1. The summed E-state index contributed by atoms with van der Waals surface area (Å²) in [6, 6.07) is 13.9. The molecule has 0 spiro atoms. The van der Waals surface area contributed by atoms with Crippen molar-refractivity contribution in [1.29, 1.82) is 0 Å². The van der Waals surface area contributed by atoms with E-state index in [1.54, 1.807) is 6.20 Å². The molecule has 1 heterocycles. The largest absolute Gasteiger partial charge is 0.391 e. The molecule has 3 nitrogen and oxygen atoms in total. The van der Waals surface area contributed by atoms with Crippen LogP contribution in [0.2, 0.25) is 5.15 Å². The van der Waals surface area contributed by atoms with Crippen LogP contribution in [-0.2, 0) is 6.54 Å². The van der Waals surface area contributed by atoms with E-state index in [4.69, 9.17) is 11.6 Å². The van der Waals surface area contributed by atoms with Gasteiger partial charge in [0.1, 0.15) is 5.15 Å². The molecule has 1 unspecified atom stereocenters. The maximum atomic E-state index is 9.95. The zero-order valence-corrected chi connectivity index (χ0v) is 12.3. The minimum Gasteiger partial charge on any atom is -0.391 e. The van der Waals surface area contributed by atoms with E-state index in [2.05, 4.69) is 9.88 Å². The van der Waals surface area contributed by atoms with Gasteiger partial charge in [-0.25, -0.2) is 4.98 Å². The van der Waals surface area contributed by atoms with Crippen molar-refractivity contribution in [2.45, 2.75) is 26.0 Å². The predicted octanol–water partition coefficient (Wildman–Crippen LogP) is 3.51. The molecule has 1 aromatic heterocycles. The SMILES string of the molecule is CCC(O)CN(Cc1cccnc1Cl)c1ccccc1. The van der Waals surface area contributed by atoms with Crippen molar-refractivity contribution in [3.63, 3.8) is 0 Å². The first-order valence-electron chi connectivity index (χ1n) is 6.78. The first-order valence-corrected chi connectivity index (χ1v) is 7.16. The van der Waals surface area contributed by atoms with Crippen LogP contribution in [0.25, 0.3) is 0 Å². The summed E-state index contributed by atoms with van der Waals surface area (Å²) in [6.07, 6.45) is 2.05. The van der Waals surface area contributed by atoms with Crippen molar-refractivity contribution in [3.8, 4) is 0 Å². The van der Waals surface area contributed by atoms with Crippen LogP contribution in [0.1, 0.15) is 18.9 Å². The molecule has 0 bridgehead atoms. The number of benzene rings is 1. The van der Waals surface area contributed by atoms with Gasteiger partial charge in [-0.15, -0.1) is 0 Å². The molecule has 1 N–H and O–H groups in total. The quantitative estimate of drug-likeness (QED) is 0.827. The van der Waals surface area contributed by atoms with Crippen LogP contribution in [0, 0.1) is 0 Å². The minimum atomic E-state index is -0.356. The lowest BCUT2D eigenvalue weighted by Gasteiger charge is -2.27. The number of rotatable bonds is 6. The van der Waals surface area contributed by atoms with Crippen LogP contribution in [-0.4, -0.2) is 22.7 Å². The van der Waals surface area contributed by atoms with E-state index < -0.39 is 0 Å². The van der Waals surface area contributed by atoms with Gasteiger partial charge in [-0.05, 0) is 24.6 Å². The fraction of sp³-hybridized carbons (Fsp3) is 0.312. The lowest BCUT2D eigenvalue weighted by Crippen LogP contribution is -2.31. The number of para-hydroxylation sites is 1. The highest BCUT2D eigenvalue weighted by atomic mass is 35.5. The summed E-state index contributed by atoms with van der Waals surface area (Å²) in [5.74, 6) is 0. The molecule has 20 heavy (non-hydrogen) atoms. The number of aromatic nitrogens is 1. The average Bonchev–Trinajstić information content (AvgIpc) is 2.49. The van der Waals surface area contributed by atoms with Gasteiger partial charge in [0.25, 0.3) is 0 Å². The molecule has 1 atom stereocenters. The van der Waals surface area contributed by atoms with E-state index in [9.17, 15) is 5.11 Å². The molecule has 0 aliphatic heterocycles. The second kappa shape index (κ2) is 7.27. The summed E-state index contributed by atoms with van der Waals surface area (Å²) in [5.41, 5.74) is 2.03.